The summed E-state index contributed by atoms with van der Waals surface area (Å²) in [7, 11) is 0. The first-order chi connectivity index (χ1) is 13.7. The van der Waals surface area contributed by atoms with Crippen molar-refractivity contribution in [2.24, 2.45) is 4.99 Å². The summed E-state index contributed by atoms with van der Waals surface area (Å²) < 4.78 is 40.3. The highest BCUT2D eigenvalue weighted by atomic mass is 32.2. The summed E-state index contributed by atoms with van der Waals surface area (Å²) in [6.45, 7) is 1.95. The van der Waals surface area contributed by atoms with E-state index in [1.54, 1.807) is 0 Å². The molecule has 1 aliphatic heterocycles. The monoisotopic (exact) mass is 423 g/mol. The molecule has 1 heterocycles. The summed E-state index contributed by atoms with van der Waals surface area (Å²) in [6, 6.07) is 12.2. The molecular weight excluding hydrogens is 407 g/mol. The van der Waals surface area contributed by atoms with Crippen LogP contribution in [0.5, 0.6) is 5.75 Å². The number of hydrogen-bond acceptors (Lipinski definition) is 5. The van der Waals surface area contributed by atoms with Crippen LogP contribution in [-0.2, 0) is 9.59 Å². The molecule has 0 saturated carbocycles. The van der Waals surface area contributed by atoms with Crippen molar-refractivity contribution in [1.29, 1.82) is 0 Å². The molecular formula is C19H16F3N3O3S. The largest absolute Gasteiger partial charge is 0.573 e. The Balaban J connectivity index is 1.55. The van der Waals surface area contributed by atoms with Gasteiger partial charge in [0.05, 0.1) is 5.69 Å². The summed E-state index contributed by atoms with van der Waals surface area (Å²) in [4.78, 5) is 28.6. The molecule has 2 N–H and O–H groups in total. The van der Waals surface area contributed by atoms with E-state index in [9.17, 15) is 22.8 Å². The lowest BCUT2D eigenvalue weighted by atomic mass is 10.2. The van der Waals surface area contributed by atoms with Gasteiger partial charge in [-0.1, -0.05) is 29.5 Å². The Labute approximate surface area is 168 Å². The number of amides is 2. The van der Waals surface area contributed by atoms with Crippen LogP contribution in [-0.4, -0.2) is 28.6 Å². The number of alkyl halides is 3. The lowest BCUT2D eigenvalue weighted by Crippen LogP contribution is -2.28. The minimum atomic E-state index is -4.78. The number of carbonyl (C=O) groups is 2. The quantitative estimate of drug-likeness (QED) is 0.758. The molecule has 1 atom stereocenters. The Hall–Kier alpha value is -3.01. The fourth-order valence-corrected chi connectivity index (χ4v) is 3.44. The predicted octanol–water partition coefficient (Wildman–Crippen LogP) is 4.14. The lowest BCUT2D eigenvalue weighted by Gasteiger charge is -2.10. The molecule has 0 bridgehead atoms. The molecule has 29 heavy (non-hydrogen) atoms. The Bertz CT molecular complexity index is 928. The highest BCUT2D eigenvalue weighted by molar-refractivity contribution is 8.15. The fourth-order valence-electron chi connectivity index (χ4n) is 2.45. The molecule has 6 nitrogen and oxygen atoms in total. The first-order valence-electron chi connectivity index (χ1n) is 8.46. The zero-order valence-corrected chi connectivity index (χ0v) is 15.9. The number of anilines is 1. The Morgan fingerprint density at radius 2 is 1.83 bits per heavy atom. The molecule has 1 fully saturated rings. The number of nitrogens with one attached hydrogen (secondary N) is 2. The van der Waals surface area contributed by atoms with Crippen LogP contribution in [0.4, 0.5) is 24.5 Å². The third-order valence-electron chi connectivity index (χ3n) is 3.78. The molecule has 1 unspecified atom stereocenters. The zero-order valence-electron chi connectivity index (χ0n) is 15.1. The van der Waals surface area contributed by atoms with E-state index in [0.717, 1.165) is 29.5 Å². The number of benzene rings is 2. The van der Waals surface area contributed by atoms with Crippen molar-refractivity contribution in [2.45, 2.75) is 25.0 Å². The summed E-state index contributed by atoms with van der Waals surface area (Å²) in [5, 5.41) is 4.94. The van der Waals surface area contributed by atoms with E-state index in [4.69, 9.17) is 0 Å². The molecule has 1 saturated heterocycles. The van der Waals surface area contributed by atoms with Crippen molar-refractivity contribution < 1.29 is 27.5 Å². The highest BCUT2D eigenvalue weighted by Gasteiger charge is 2.32. The van der Waals surface area contributed by atoms with Crippen molar-refractivity contribution in [3.8, 4) is 5.75 Å². The first kappa shape index (κ1) is 20.7. The lowest BCUT2D eigenvalue weighted by molar-refractivity contribution is -0.274. The molecule has 10 heteroatoms. The number of nitrogens with zero attached hydrogens (tertiary/aromatic N) is 1. The number of amidine groups is 1. The Morgan fingerprint density at radius 1 is 1.17 bits per heavy atom. The van der Waals surface area contributed by atoms with Gasteiger partial charge in [-0.05, 0) is 43.3 Å². The van der Waals surface area contributed by atoms with Crippen LogP contribution in [0.25, 0.3) is 0 Å². The number of halogens is 3. The molecule has 3 rings (SSSR count). The number of thioether (sulfide) groups is 1. The highest BCUT2D eigenvalue weighted by Crippen LogP contribution is 2.27. The third-order valence-corrected chi connectivity index (χ3v) is 4.87. The van der Waals surface area contributed by atoms with E-state index in [0.29, 0.717) is 16.5 Å². The number of hydrogen-bond donors (Lipinski definition) is 2. The van der Waals surface area contributed by atoms with Crippen LogP contribution in [0.2, 0.25) is 0 Å². The fraction of sp³-hybridized carbons (Fsp3) is 0.211. The Kier molecular flexibility index (Phi) is 6.12. The molecule has 0 spiro atoms. The van der Waals surface area contributed by atoms with Gasteiger partial charge in [-0.25, -0.2) is 4.99 Å². The summed E-state index contributed by atoms with van der Waals surface area (Å²) in [5.41, 5.74) is 2.07. The molecule has 0 radical (unpaired) electrons. The second-order valence-electron chi connectivity index (χ2n) is 6.17. The van der Waals surface area contributed by atoms with E-state index in [1.807, 2.05) is 31.2 Å². The van der Waals surface area contributed by atoms with E-state index < -0.39 is 23.3 Å². The van der Waals surface area contributed by atoms with E-state index >= 15 is 0 Å². The molecule has 0 aromatic heterocycles. The number of rotatable bonds is 5. The molecule has 1 aliphatic rings. The topological polar surface area (TPSA) is 79.8 Å². The molecule has 152 valence electrons. The van der Waals surface area contributed by atoms with E-state index in [2.05, 4.69) is 20.4 Å². The zero-order chi connectivity index (χ0) is 21.0. The van der Waals surface area contributed by atoms with Crippen LogP contribution < -0.4 is 15.4 Å². The van der Waals surface area contributed by atoms with Crippen LogP contribution in [0.15, 0.2) is 53.5 Å². The van der Waals surface area contributed by atoms with Crippen molar-refractivity contribution in [1.82, 2.24) is 5.32 Å². The normalized spacial score (nSPS) is 17.9. The van der Waals surface area contributed by atoms with Crippen LogP contribution in [0.1, 0.15) is 12.0 Å². The number of ether oxygens (including phenoxy) is 1. The molecule has 0 aliphatic carbocycles. The van der Waals surface area contributed by atoms with Gasteiger partial charge in [-0.15, -0.1) is 13.2 Å². The van der Waals surface area contributed by atoms with Crippen molar-refractivity contribution in [2.75, 3.05) is 5.32 Å². The van der Waals surface area contributed by atoms with Crippen LogP contribution in [0.3, 0.4) is 0 Å². The average Bonchev–Trinajstić information content (AvgIpc) is 2.96. The van der Waals surface area contributed by atoms with E-state index in [1.165, 1.54) is 12.1 Å². The van der Waals surface area contributed by atoms with Gasteiger partial charge < -0.3 is 15.4 Å². The summed E-state index contributed by atoms with van der Waals surface area (Å²) >= 11 is 1.15. The maximum Gasteiger partial charge on any atom is 0.573 e. The van der Waals surface area contributed by atoms with Gasteiger partial charge in [-0.3, -0.25) is 9.59 Å². The van der Waals surface area contributed by atoms with E-state index in [-0.39, 0.29) is 12.3 Å². The predicted molar refractivity (Wildman–Crippen MR) is 104 cm³/mol. The van der Waals surface area contributed by atoms with Crippen molar-refractivity contribution in [3.63, 3.8) is 0 Å². The van der Waals surface area contributed by atoms with Gasteiger partial charge in [-0.2, -0.15) is 0 Å². The summed E-state index contributed by atoms with van der Waals surface area (Å²) in [5.74, 6) is -1.16. The van der Waals surface area contributed by atoms with Gasteiger partial charge in [0.1, 0.15) is 11.0 Å². The van der Waals surface area contributed by atoms with Crippen LogP contribution in [0, 0.1) is 6.92 Å². The van der Waals surface area contributed by atoms with Gasteiger partial charge in [0.25, 0.3) is 0 Å². The average molecular weight is 423 g/mol. The van der Waals surface area contributed by atoms with Gasteiger partial charge in [0.2, 0.25) is 11.8 Å². The van der Waals surface area contributed by atoms with Gasteiger partial charge in [0, 0.05) is 12.1 Å². The summed E-state index contributed by atoms with van der Waals surface area (Å²) in [6.07, 6.45) is -4.89. The Morgan fingerprint density at radius 3 is 2.45 bits per heavy atom. The van der Waals surface area contributed by atoms with Crippen molar-refractivity contribution >= 4 is 40.1 Å². The smallest absolute Gasteiger partial charge is 0.406 e. The molecule has 2 aromatic carbocycles. The standard InChI is InChI=1S/C19H16F3N3O3S/c1-11-2-4-13(5-3-11)24-18-25-17(27)15(29-18)10-16(26)23-12-6-8-14(9-7-12)28-19(20,21)22/h2-9,15H,10H2,1H3,(H,23,26)(H,24,25,27). The second-order valence-corrected chi connectivity index (χ2v) is 7.36. The first-order valence-corrected chi connectivity index (χ1v) is 9.34. The number of aliphatic imine (C=N–C) groups is 1. The molecule has 2 amide bonds. The SMILES string of the molecule is Cc1ccc(/N=C2\NC(=O)C(CC(=O)Nc3ccc(OC(F)(F)F)cc3)S2)cc1. The number of carbonyl (C=O) groups excluding carboxylic acids is 2. The minimum Gasteiger partial charge on any atom is -0.406 e. The molecule has 2 aromatic rings. The third kappa shape index (κ3) is 6.24. The minimum absolute atomic E-state index is 0.107. The second kappa shape index (κ2) is 8.56. The van der Waals surface area contributed by atoms with Crippen LogP contribution >= 0.6 is 11.8 Å². The maximum atomic E-state index is 12.2. The number of aryl methyl sites for hydroxylation is 1. The van der Waals surface area contributed by atoms with Crippen molar-refractivity contribution in [3.05, 3.63) is 54.1 Å². The van der Waals surface area contributed by atoms with Gasteiger partial charge >= 0.3 is 6.36 Å². The maximum absolute atomic E-state index is 12.2. The van der Waals surface area contributed by atoms with Gasteiger partial charge in [0.15, 0.2) is 5.17 Å².